The van der Waals surface area contributed by atoms with Crippen LogP contribution in [0.1, 0.15) is 4.88 Å². The molecule has 0 radical (unpaired) electrons. The van der Waals surface area contributed by atoms with Gasteiger partial charge in [0.05, 0.1) is 18.6 Å². The predicted octanol–water partition coefficient (Wildman–Crippen LogP) is 2.04. The number of ether oxygens (including phenoxy) is 3. The SMILES string of the molecule is COc1cc(-c2ncc(CO)s2)cc2c1OCO2. The highest BCUT2D eigenvalue weighted by molar-refractivity contribution is 7.15. The Bertz CT molecular complexity index is 581. The van der Waals surface area contributed by atoms with Crippen LogP contribution in [-0.4, -0.2) is 24.0 Å². The molecule has 6 heteroatoms. The molecule has 0 bridgehead atoms. The fraction of sp³-hybridized carbons (Fsp3) is 0.250. The molecule has 0 atom stereocenters. The molecule has 1 aromatic carbocycles. The van der Waals surface area contributed by atoms with E-state index in [0.29, 0.717) is 17.2 Å². The van der Waals surface area contributed by atoms with Crippen molar-refractivity contribution in [2.45, 2.75) is 6.61 Å². The summed E-state index contributed by atoms with van der Waals surface area (Å²) in [6.07, 6.45) is 1.66. The number of aliphatic hydroxyl groups excluding tert-OH is 1. The van der Waals surface area contributed by atoms with Crippen LogP contribution in [0.5, 0.6) is 17.2 Å². The van der Waals surface area contributed by atoms with Gasteiger partial charge in [0.1, 0.15) is 5.01 Å². The van der Waals surface area contributed by atoms with Crippen molar-refractivity contribution in [3.05, 3.63) is 23.2 Å². The minimum absolute atomic E-state index is 0.000641. The maximum absolute atomic E-state index is 9.05. The molecule has 2 aromatic rings. The first-order valence-electron chi connectivity index (χ1n) is 5.35. The number of benzene rings is 1. The average molecular weight is 265 g/mol. The van der Waals surface area contributed by atoms with Crippen LogP contribution in [0.25, 0.3) is 10.6 Å². The minimum Gasteiger partial charge on any atom is -0.493 e. The summed E-state index contributed by atoms with van der Waals surface area (Å²) < 4.78 is 16.0. The Hall–Kier alpha value is -1.79. The summed E-state index contributed by atoms with van der Waals surface area (Å²) in [6.45, 7) is 0.203. The summed E-state index contributed by atoms with van der Waals surface area (Å²) in [5, 5.41) is 9.87. The highest BCUT2D eigenvalue weighted by Crippen LogP contribution is 2.44. The molecule has 0 saturated carbocycles. The van der Waals surface area contributed by atoms with E-state index in [1.807, 2.05) is 12.1 Å². The van der Waals surface area contributed by atoms with Crippen molar-refractivity contribution < 1.29 is 19.3 Å². The van der Waals surface area contributed by atoms with Crippen molar-refractivity contribution in [3.63, 3.8) is 0 Å². The van der Waals surface area contributed by atoms with E-state index in [1.165, 1.54) is 11.3 Å². The number of hydrogen-bond acceptors (Lipinski definition) is 6. The molecule has 0 amide bonds. The number of nitrogens with zero attached hydrogens (tertiary/aromatic N) is 1. The van der Waals surface area contributed by atoms with Gasteiger partial charge in [0.2, 0.25) is 12.5 Å². The summed E-state index contributed by atoms with van der Waals surface area (Å²) in [4.78, 5) is 5.09. The maximum atomic E-state index is 9.05. The lowest BCUT2D eigenvalue weighted by atomic mass is 10.2. The van der Waals surface area contributed by atoms with Crippen molar-refractivity contribution in [2.75, 3.05) is 13.9 Å². The molecule has 1 N–H and O–H groups in total. The van der Waals surface area contributed by atoms with Gasteiger partial charge in [-0.1, -0.05) is 0 Å². The molecular weight excluding hydrogens is 254 g/mol. The van der Waals surface area contributed by atoms with Crippen LogP contribution in [0.2, 0.25) is 0 Å². The van der Waals surface area contributed by atoms with Crippen molar-refractivity contribution in [1.82, 2.24) is 4.98 Å². The Labute approximate surface area is 108 Å². The molecule has 0 aliphatic carbocycles. The maximum Gasteiger partial charge on any atom is 0.231 e. The summed E-state index contributed by atoms with van der Waals surface area (Å²) in [5.41, 5.74) is 0.890. The second-order valence-corrected chi connectivity index (χ2v) is 4.82. The Morgan fingerprint density at radius 2 is 2.33 bits per heavy atom. The van der Waals surface area contributed by atoms with Gasteiger partial charge >= 0.3 is 0 Å². The second-order valence-electron chi connectivity index (χ2n) is 3.70. The molecule has 1 aromatic heterocycles. The third-order valence-corrected chi connectivity index (χ3v) is 3.65. The molecule has 2 heterocycles. The van der Waals surface area contributed by atoms with E-state index in [9.17, 15) is 0 Å². The van der Waals surface area contributed by atoms with Gasteiger partial charge in [0.15, 0.2) is 11.5 Å². The molecule has 0 spiro atoms. The molecule has 94 valence electrons. The van der Waals surface area contributed by atoms with E-state index in [0.717, 1.165) is 15.4 Å². The zero-order chi connectivity index (χ0) is 12.5. The number of rotatable bonds is 3. The molecular formula is C12H11NO4S. The van der Waals surface area contributed by atoms with Crippen LogP contribution >= 0.6 is 11.3 Å². The molecule has 0 saturated heterocycles. The molecule has 5 nitrogen and oxygen atoms in total. The Kier molecular flexibility index (Phi) is 2.81. The van der Waals surface area contributed by atoms with Crippen LogP contribution in [0.3, 0.4) is 0 Å². The molecule has 0 unspecified atom stereocenters. The van der Waals surface area contributed by atoms with Gasteiger partial charge < -0.3 is 19.3 Å². The highest BCUT2D eigenvalue weighted by atomic mass is 32.1. The summed E-state index contributed by atoms with van der Waals surface area (Å²) >= 11 is 1.44. The first kappa shape index (κ1) is 11.3. The van der Waals surface area contributed by atoms with Gasteiger partial charge in [0.25, 0.3) is 0 Å². The summed E-state index contributed by atoms with van der Waals surface area (Å²) in [7, 11) is 1.59. The topological polar surface area (TPSA) is 60.8 Å². The van der Waals surface area contributed by atoms with E-state index in [-0.39, 0.29) is 13.4 Å². The Balaban J connectivity index is 2.07. The average Bonchev–Trinajstić information content (AvgIpc) is 3.05. The van der Waals surface area contributed by atoms with Gasteiger partial charge in [-0.05, 0) is 12.1 Å². The van der Waals surface area contributed by atoms with E-state index < -0.39 is 0 Å². The van der Waals surface area contributed by atoms with Crippen molar-refractivity contribution in [1.29, 1.82) is 0 Å². The zero-order valence-electron chi connectivity index (χ0n) is 9.67. The Morgan fingerprint density at radius 1 is 1.44 bits per heavy atom. The third kappa shape index (κ3) is 1.79. The molecule has 0 fully saturated rings. The van der Waals surface area contributed by atoms with Crippen molar-refractivity contribution >= 4 is 11.3 Å². The van der Waals surface area contributed by atoms with Gasteiger partial charge in [-0.25, -0.2) is 4.98 Å². The van der Waals surface area contributed by atoms with Gasteiger partial charge in [-0.2, -0.15) is 0 Å². The van der Waals surface area contributed by atoms with Gasteiger partial charge in [-0.15, -0.1) is 11.3 Å². The lowest BCUT2D eigenvalue weighted by Gasteiger charge is -2.06. The van der Waals surface area contributed by atoms with E-state index in [4.69, 9.17) is 19.3 Å². The largest absolute Gasteiger partial charge is 0.493 e. The van der Waals surface area contributed by atoms with E-state index in [2.05, 4.69) is 4.98 Å². The van der Waals surface area contributed by atoms with Crippen LogP contribution < -0.4 is 14.2 Å². The van der Waals surface area contributed by atoms with E-state index in [1.54, 1.807) is 13.3 Å². The number of thiazole rings is 1. The first-order chi connectivity index (χ1) is 8.81. The van der Waals surface area contributed by atoms with Crippen LogP contribution in [0.15, 0.2) is 18.3 Å². The number of aromatic nitrogens is 1. The molecule has 3 rings (SSSR count). The van der Waals surface area contributed by atoms with Gasteiger partial charge in [0, 0.05) is 11.8 Å². The number of aliphatic hydroxyl groups is 1. The van der Waals surface area contributed by atoms with Crippen LogP contribution in [0, 0.1) is 0 Å². The summed E-state index contributed by atoms with van der Waals surface area (Å²) in [6, 6.07) is 3.72. The quantitative estimate of drug-likeness (QED) is 0.920. The fourth-order valence-electron chi connectivity index (χ4n) is 1.77. The Morgan fingerprint density at radius 3 is 3.06 bits per heavy atom. The molecule has 18 heavy (non-hydrogen) atoms. The third-order valence-electron chi connectivity index (χ3n) is 2.61. The lowest BCUT2D eigenvalue weighted by molar-refractivity contribution is 0.171. The first-order valence-corrected chi connectivity index (χ1v) is 6.17. The number of fused-ring (bicyclic) bond motifs is 1. The minimum atomic E-state index is -0.000641. The molecule has 1 aliphatic heterocycles. The molecule has 1 aliphatic rings. The lowest BCUT2D eigenvalue weighted by Crippen LogP contribution is -1.93. The smallest absolute Gasteiger partial charge is 0.231 e. The predicted molar refractivity (Wildman–Crippen MR) is 66.1 cm³/mol. The van der Waals surface area contributed by atoms with Crippen molar-refractivity contribution in [2.24, 2.45) is 0 Å². The second kappa shape index (κ2) is 4.47. The highest BCUT2D eigenvalue weighted by Gasteiger charge is 2.21. The zero-order valence-corrected chi connectivity index (χ0v) is 10.5. The van der Waals surface area contributed by atoms with E-state index >= 15 is 0 Å². The van der Waals surface area contributed by atoms with Crippen LogP contribution in [0.4, 0.5) is 0 Å². The van der Waals surface area contributed by atoms with Crippen LogP contribution in [-0.2, 0) is 6.61 Å². The monoisotopic (exact) mass is 265 g/mol. The standard InChI is InChI=1S/C12H11NO4S/c1-15-9-2-7(3-10-11(9)17-6-16-10)12-13-4-8(5-14)18-12/h2-4,14H,5-6H2,1H3. The summed E-state index contributed by atoms with van der Waals surface area (Å²) in [5.74, 6) is 1.91. The number of methoxy groups -OCH3 is 1. The fourth-order valence-corrected chi connectivity index (χ4v) is 2.53. The normalized spacial score (nSPS) is 12.8. The van der Waals surface area contributed by atoms with Gasteiger partial charge in [-0.3, -0.25) is 0 Å². The number of hydrogen-bond donors (Lipinski definition) is 1. The van der Waals surface area contributed by atoms with Crippen molar-refractivity contribution in [3.8, 4) is 27.8 Å².